The van der Waals surface area contributed by atoms with Gasteiger partial charge in [-0.2, -0.15) is 0 Å². The first-order valence-electron chi connectivity index (χ1n) is 4.26. The van der Waals surface area contributed by atoms with E-state index in [9.17, 15) is 0 Å². The van der Waals surface area contributed by atoms with E-state index < -0.39 is 0 Å². The second kappa shape index (κ2) is 8.28. The summed E-state index contributed by atoms with van der Waals surface area (Å²) in [6.07, 6.45) is 0. The molecule has 0 radical (unpaired) electrons. The summed E-state index contributed by atoms with van der Waals surface area (Å²) in [6.45, 7) is 5.13. The Bertz CT molecular complexity index is 131. The summed E-state index contributed by atoms with van der Waals surface area (Å²) in [7, 11) is 1.72. The second-order valence-corrected chi connectivity index (χ2v) is 3.00. The molecule has 0 spiro atoms. The minimum Gasteiger partial charge on any atom is -0.384 e. The summed E-state index contributed by atoms with van der Waals surface area (Å²) >= 11 is 0. The van der Waals surface area contributed by atoms with Gasteiger partial charge in [-0.3, -0.25) is 0 Å². The van der Waals surface area contributed by atoms with Gasteiger partial charge in [-0.15, -0.1) is 0 Å². The number of benzene rings is 1. The molecule has 0 atom stereocenters. The smallest absolute Gasteiger partial charge is 0.0485 e. The number of hydrogen-bond acceptors (Lipinski definition) is 1. The summed E-state index contributed by atoms with van der Waals surface area (Å²) in [6, 6.07) is 12.0. The maximum atomic E-state index is 4.80. The lowest BCUT2D eigenvalue weighted by Gasteiger charge is -1.97. The van der Waals surface area contributed by atoms with E-state index in [1.165, 1.54) is 0 Å². The first kappa shape index (κ1) is 11.2. The van der Waals surface area contributed by atoms with Crippen LogP contribution in [0.4, 0.5) is 0 Å². The van der Waals surface area contributed by atoms with Crippen molar-refractivity contribution in [1.82, 2.24) is 0 Å². The van der Waals surface area contributed by atoms with Gasteiger partial charge in [0.2, 0.25) is 0 Å². The van der Waals surface area contributed by atoms with Crippen molar-refractivity contribution in [3.05, 3.63) is 36.4 Å². The molecule has 12 heavy (non-hydrogen) atoms. The average Bonchev–Trinajstić information content (AvgIpc) is 2.08. The maximum Gasteiger partial charge on any atom is 0.0485 e. The quantitative estimate of drug-likeness (QED) is 0.656. The fourth-order valence-electron chi connectivity index (χ4n) is 0.718. The Morgan fingerprint density at radius 1 is 0.917 bits per heavy atom. The highest BCUT2D eigenvalue weighted by atomic mass is 16.5. The lowest BCUT2D eigenvalue weighted by Crippen LogP contribution is -1.96. The Hall–Kier alpha value is -0.820. The van der Waals surface area contributed by atoms with E-state index in [1.54, 1.807) is 7.11 Å². The molecule has 0 fully saturated rings. The minimum absolute atomic E-state index is 0.676. The minimum atomic E-state index is 0.676. The van der Waals surface area contributed by atoms with E-state index in [0.29, 0.717) is 5.92 Å². The molecule has 0 saturated carbocycles. The molecule has 0 unspecified atom stereocenters. The summed E-state index contributed by atoms with van der Waals surface area (Å²) in [4.78, 5) is 0. The van der Waals surface area contributed by atoms with Crippen molar-refractivity contribution < 1.29 is 4.74 Å². The van der Waals surface area contributed by atoms with E-state index in [2.05, 4.69) is 13.8 Å². The van der Waals surface area contributed by atoms with Gasteiger partial charge in [-0.1, -0.05) is 50.2 Å². The zero-order valence-electron chi connectivity index (χ0n) is 8.16. The van der Waals surface area contributed by atoms with Crippen LogP contribution in [0.5, 0.6) is 0 Å². The molecule has 0 heterocycles. The van der Waals surface area contributed by atoms with Crippen LogP contribution in [0.3, 0.4) is 0 Å². The maximum absolute atomic E-state index is 4.80. The van der Waals surface area contributed by atoms with Crippen molar-refractivity contribution in [3.8, 4) is 0 Å². The van der Waals surface area contributed by atoms with Crippen LogP contribution < -0.4 is 0 Å². The topological polar surface area (TPSA) is 9.23 Å². The number of ether oxygens (including phenoxy) is 1. The molecular weight excluding hydrogens is 148 g/mol. The third-order valence-electron chi connectivity index (χ3n) is 1.17. The van der Waals surface area contributed by atoms with E-state index >= 15 is 0 Å². The van der Waals surface area contributed by atoms with E-state index in [4.69, 9.17) is 4.74 Å². The second-order valence-electron chi connectivity index (χ2n) is 3.00. The molecule has 1 rings (SSSR count). The van der Waals surface area contributed by atoms with Gasteiger partial charge in [0.15, 0.2) is 0 Å². The van der Waals surface area contributed by atoms with Crippen molar-refractivity contribution in [2.24, 2.45) is 5.92 Å². The number of rotatable bonds is 2. The standard InChI is InChI=1S/C6H6.C5H12O/c1-2-4-6-5-3-1;1-5(2)4-6-3/h1-6H;5H,4H2,1-3H3. The monoisotopic (exact) mass is 166 g/mol. The number of hydrogen-bond donors (Lipinski definition) is 0. The zero-order valence-corrected chi connectivity index (χ0v) is 8.16. The van der Waals surface area contributed by atoms with Crippen molar-refractivity contribution in [1.29, 1.82) is 0 Å². The van der Waals surface area contributed by atoms with Crippen LogP contribution in [0, 0.1) is 5.92 Å². The average molecular weight is 166 g/mol. The molecule has 0 N–H and O–H groups in total. The van der Waals surface area contributed by atoms with Crippen LogP contribution >= 0.6 is 0 Å². The van der Waals surface area contributed by atoms with Crippen molar-refractivity contribution >= 4 is 0 Å². The summed E-state index contributed by atoms with van der Waals surface area (Å²) in [5.74, 6) is 0.676. The lowest BCUT2D eigenvalue weighted by atomic mass is 10.2. The molecule has 0 aromatic heterocycles. The highest BCUT2D eigenvalue weighted by Gasteiger charge is 1.85. The molecule has 0 aliphatic carbocycles. The number of methoxy groups -OCH3 is 1. The van der Waals surface area contributed by atoms with Crippen molar-refractivity contribution in [2.45, 2.75) is 13.8 Å². The highest BCUT2D eigenvalue weighted by Crippen LogP contribution is 1.88. The Morgan fingerprint density at radius 2 is 1.25 bits per heavy atom. The third kappa shape index (κ3) is 9.18. The molecule has 0 saturated heterocycles. The predicted molar refractivity (Wildman–Crippen MR) is 53.2 cm³/mol. The van der Waals surface area contributed by atoms with Crippen molar-refractivity contribution in [3.63, 3.8) is 0 Å². The van der Waals surface area contributed by atoms with Crippen LogP contribution in [0.1, 0.15) is 13.8 Å². The first-order chi connectivity index (χ1) is 5.77. The zero-order chi connectivity index (χ0) is 9.23. The molecule has 0 aliphatic heterocycles. The Kier molecular flexibility index (Phi) is 7.71. The van der Waals surface area contributed by atoms with Crippen molar-refractivity contribution in [2.75, 3.05) is 13.7 Å². The van der Waals surface area contributed by atoms with E-state index in [1.807, 2.05) is 36.4 Å². The van der Waals surface area contributed by atoms with Crippen LogP contribution in [0.25, 0.3) is 0 Å². The Morgan fingerprint density at radius 3 is 1.33 bits per heavy atom. The third-order valence-corrected chi connectivity index (χ3v) is 1.17. The van der Waals surface area contributed by atoms with E-state index in [-0.39, 0.29) is 0 Å². The predicted octanol–water partition coefficient (Wildman–Crippen LogP) is 2.98. The van der Waals surface area contributed by atoms with E-state index in [0.717, 1.165) is 6.61 Å². The van der Waals surface area contributed by atoms with Gasteiger partial charge < -0.3 is 4.74 Å². The van der Waals surface area contributed by atoms with Gasteiger partial charge in [0, 0.05) is 13.7 Å². The van der Waals surface area contributed by atoms with Gasteiger partial charge in [-0.25, -0.2) is 0 Å². The van der Waals surface area contributed by atoms with Crippen LogP contribution in [0.2, 0.25) is 0 Å². The summed E-state index contributed by atoms with van der Waals surface area (Å²) < 4.78 is 4.80. The molecule has 68 valence electrons. The fraction of sp³-hybridized carbons (Fsp3) is 0.455. The highest BCUT2D eigenvalue weighted by molar-refractivity contribution is 4.99. The molecule has 0 amide bonds. The SMILES string of the molecule is COCC(C)C.c1ccccc1. The molecule has 1 heteroatoms. The molecule has 1 nitrogen and oxygen atoms in total. The van der Waals surface area contributed by atoms with Gasteiger partial charge >= 0.3 is 0 Å². The first-order valence-corrected chi connectivity index (χ1v) is 4.26. The molecular formula is C11H18O. The summed E-state index contributed by atoms with van der Waals surface area (Å²) in [5.41, 5.74) is 0. The van der Waals surface area contributed by atoms with Gasteiger partial charge in [0.05, 0.1) is 0 Å². The summed E-state index contributed by atoms with van der Waals surface area (Å²) in [5, 5.41) is 0. The normalized spacial score (nSPS) is 9.00. The Labute approximate surface area is 75.4 Å². The molecule has 0 bridgehead atoms. The molecule has 1 aromatic carbocycles. The van der Waals surface area contributed by atoms with Crippen LogP contribution in [0.15, 0.2) is 36.4 Å². The lowest BCUT2D eigenvalue weighted by molar-refractivity contribution is 0.167. The van der Waals surface area contributed by atoms with Crippen LogP contribution in [-0.4, -0.2) is 13.7 Å². The van der Waals surface area contributed by atoms with Gasteiger partial charge in [0.25, 0.3) is 0 Å². The molecule has 1 aromatic rings. The molecule has 0 aliphatic rings. The van der Waals surface area contributed by atoms with Gasteiger partial charge in [0.1, 0.15) is 0 Å². The fourth-order valence-corrected chi connectivity index (χ4v) is 0.718. The largest absolute Gasteiger partial charge is 0.384 e. The Balaban J connectivity index is 0.000000202. The van der Waals surface area contributed by atoms with Crippen LogP contribution in [-0.2, 0) is 4.74 Å². The van der Waals surface area contributed by atoms with Gasteiger partial charge in [-0.05, 0) is 5.92 Å².